The molecule has 0 amide bonds. The number of nitrogens with zero attached hydrogens (tertiary/aromatic N) is 5. The second kappa shape index (κ2) is 7.70. The molecule has 1 aliphatic heterocycles. The minimum Gasteiger partial charge on any atom is -0.383 e. The lowest BCUT2D eigenvalue weighted by molar-refractivity contribution is 0.116. The van der Waals surface area contributed by atoms with Crippen LogP contribution in [0.1, 0.15) is 29.8 Å². The van der Waals surface area contributed by atoms with Gasteiger partial charge in [0.05, 0.1) is 12.3 Å². The first-order valence-corrected chi connectivity index (χ1v) is 9.25. The summed E-state index contributed by atoms with van der Waals surface area (Å²) in [6.07, 6.45) is 2.56. The van der Waals surface area contributed by atoms with Crippen LogP contribution in [0.5, 0.6) is 0 Å². The number of ether oxygens (including phenoxy) is 1. The van der Waals surface area contributed by atoms with Crippen molar-refractivity contribution in [1.29, 1.82) is 0 Å². The van der Waals surface area contributed by atoms with Crippen LogP contribution in [0.2, 0.25) is 0 Å². The lowest BCUT2D eigenvalue weighted by atomic mass is 9.97. The number of anilines is 1. The highest BCUT2D eigenvalue weighted by atomic mass is 16.5. The molecule has 2 aromatic heterocycles. The van der Waals surface area contributed by atoms with E-state index in [0.717, 1.165) is 49.1 Å². The Morgan fingerprint density at radius 1 is 1.32 bits per heavy atom. The second-order valence-electron chi connectivity index (χ2n) is 7.38. The molecule has 0 spiro atoms. The highest BCUT2D eigenvalue weighted by molar-refractivity contribution is 5.56. The van der Waals surface area contributed by atoms with E-state index < -0.39 is 0 Å². The lowest BCUT2D eigenvalue weighted by Crippen LogP contribution is -2.41. The number of hydrogen-bond acceptors (Lipinski definition) is 5. The van der Waals surface area contributed by atoms with E-state index in [1.807, 2.05) is 4.52 Å². The number of likely N-dealkylation sites (tertiary alicyclic amines) is 1. The molecule has 0 aromatic carbocycles. The number of rotatable bonds is 6. The quantitative estimate of drug-likeness (QED) is 0.805. The number of piperidine rings is 1. The van der Waals surface area contributed by atoms with Crippen LogP contribution in [0.25, 0.3) is 5.65 Å². The van der Waals surface area contributed by atoms with Crippen LogP contribution in [0.15, 0.2) is 6.07 Å². The number of fused-ring (bicyclic) bond motifs is 1. The minimum absolute atomic E-state index is 0.678. The van der Waals surface area contributed by atoms with Gasteiger partial charge < -0.3 is 14.5 Å². The Hall–Kier alpha value is -1.66. The average Bonchev–Trinajstić information content (AvgIpc) is 2.87. The Morgan fingerprint density at radius 3 is 2.88 bits per heavy atom. The van der Waals surface area contributed by atoms with Crippen LogP contribution in [0, 0.1) is 26.7 Å². The Morgan fingerprint density at radius 2 is 2.12 bits per heavy atom. The van der Waals surface area contributed by atoms with E-state index in [2.05, 4.69) is 48.7 Å². The number of hydrogen-bond donors (Lipinski definition) is 0. The van der Waals surface area contributed by atoms with E-state index in [1.165, 1.54) is 24.9 Å². The highest BCUT2D eigenvalue weighted by Crippen LogP contribution is 2.23. The van der Waals surface area contributed by atoms with Gasteiger partial charge in [-0.2, -0.15) is 9.61 Å². The molecule has 138 valence electrons. The maximum atomic E-state index is 5.23. The first-order valence-electron chi connectivity index (χ1n) is 9.25. The smallest absolute Gasteiger partial charge is 0.160 e. The molecule has 3 rings (SSSR count). The summed E-state index contributed by atoms with van der Waals surface area (Å²) in [5.74, 6) is 1.81. The molecular weight excluding hydrogens is 314 g/mol. The number of aromatic nitrogens is 3. The van der Waals surface area contributed by atoms with Crippen molar-refractivity contribution in [1.82, 2.24) is 19.5 Å². The molecule has 0 radical (unpaired) electrons. The molecule has 25 heavy (non-hydrogen) atoms. The van der Waals surface area contributed by atoms with Crippen LogP contribution in [-0.4, -0.2) is 66.4 Å². The molecule has 3 heterocycles. The number of aryl methyl sites for hydroxylation is 3. The average molecular weight is 345 g/mol. The van der Waals surface area contributed by atoms with Crippen LogP contribution in [0.3, 0.4) is 0 Å². The molecule has 1 fully saturated rings. The predicted octanol–water partition coefficient (Wildman–Crippen LogP) is 2.45. The van der Waals surface area contributed by atoms with Gasteiger partial charge >= 0.3 is 0 Å². The molecule has 6 nitrogen and oxygen atoms in total. The molecule has 6 heteroatoms. The van der Waals surface area contributed by atoms with Crippen molar-refractivity contribution in [2.45, 2.75) is 33.6 Å². The molecule has 2 aromatic rings. The Bertz CT molecular complexity index is 726. The van der Waals surface area contributed by atoms with Crippen LogP contribution in [-0.2, 0) is 4.74 Å². The van der Waals surface area contributed by atoms with E-state index >= 15 is 0 Å². The zero-order valence-corrected chi connectivity index (χ0v) is 16.2. The standard InChI is InChI=1S/C19H31N5O/c1-14-11-18(24-19(20-14)15(2)16(3)21-24)22(4)12-17-7-6-8-23(13-17)9-10-25-5/h11,17H,6-10,12-13H2,1-5H3/t17-/m1/s1. The van der Waals surface area contributed by atoms with Gasteiger partial charge in [-0.3, -0.25) is 0 Å². The van der Waals surface area contributed by atoms with Crippen molar-refractivity contribution in [2.24, 2.45) is 5.92 Å². The van der Waals surface area contributed by atoms with Gasteiger partial charge in [-0.25, -0.2) is 4.98 Å². The Kier molecular flexibility index (Phi) is 5.59. The fraction of sp³-hybridized carbons (Fsp3) is 0.684. The molecule has 0 bridgehead atoms. The topological polar surface area (TPSA) is 45.9 Å². The van der Waals surface area contributed by atoms with Crippen LogP contribution in [0.4, 0.5) is 5.82 Å². The molecule has 0 aliphatic carbocycles. The molecular formula is C19H31N5O. The molecule has 1 aliphatic rings. The van der Waals surface area contributed by atoms with Gasteiger partial charge in [0.15, 0.2) is 5.65 Å². The van der Waals surface area contributed by atoms with Crippen molar-refractivity contribution in [3.05, 3.63) is 23.0 Å². The van der Waals surface area contributed by atoms with Crippen molar-refractivity contribution in [3.63, 3.8) is 0 Å². The van der Waals surface area contributed by atoms with Crippen molar-refractivity contribution in [2.75, 3.05) is 51.8 Å². The zero-order valence-electron chi connectivity index (χ0n) is 16.2. The summed E-state index contributed by atoms with van der Waals surface area (Å²) >= 11 is 0. The second-order valence-corrected chi connectivity index (χ2v) is 7.38. The van der Waals surface area contributed by atoms with Crippen molar-refractivity contribution >= 4 is 11.5 Å². The molecule has 1 atom stereocenters. The van der Waals surface area contributed by atoms with Gasteiger partial charge in [-0.05, 0) is 46.1 Å². The first kappa shape index (κ1) is 18.1. The first-order chi connectivity index (χ1) is 12.0. The summed E-state index contributed by atoms with van der Waals surface area (Å²) in [4.78, 5) is 9.56. The van der Waals surface area contributed by atoms with Gasteiger partial charge in [0.25, 0.3) is 0 Å². The summed E-state index contributed by atoms with van der Waals surface area (Å²) < 4.78 is 7.24. The molecule has 0 unspecified atom stereocenters. The summed E-state index contributed by atoms with van der Waals surface area (Å²) in [7, 11) is 3.95. The third-order valence-corrected chi connectivity index (χ3v) is 5.30. The minimum atomic E-state index is 0.678. The predicted molar refractivity (Wildman–Crippen MR) is 102 cm³/mol. The van der Waals surface area contributed by atoms with Gasteiger partial charge in [-0.1, -0.05) is 0 Å². The van der Waals surface area contributed by atoms with Crippen LogP contribution < -0.4 is 4.90 Å². The Balaban J connectivity index is 1.76. The van der Waals surface area contributed by atoms with E-state index in [-0.39, 0.29) is 0 Å². The Labute approximate surface area is 150 Å². The molecule has 0 saturated carbocycles. The van der Waals surface area contributed by atoms with Crippen LogP contribution >= 0.6 is 0 Å². The third-order valence-electron chi connectivity index (χ3n) is 5.30. The maximum absolute atomic E-state index is 5.23. The number of methoxy groups -OCH3 is 1. The van der Waals surface area contributed by atoms with Gasteiger partial charge in [0, 0.05) is 51.1 Å². The summed E-state index contributed by atoms with van der Waals surface area (Å²) in [5.41, 5.74) is 4.24. The van der Waals surface area contributed by atoms with E-state index in [4.69, 9.17) is 9.84 Å². The monoisotopic (exact) mass is 345 g/mol. The summed E-state index contributed by atoms with van der Waals surface area (Å²) in [5, 5.41) is 4.71. The zero-order chi connectivity index (χ0) is 18.0. The lowest BCUT2D eigenvalue weighted by Gasteiger charge is -2.35. The third kappa shape index (κ3) is 3.96. The molecule has 1 saturated heterocycles. The summed E-state index contributed by atoms with van der Waals surface area (Å²) in [6.45, 7) is 11.5. The van der Waals surface area contributed by atoms with E-state index in [1.54, 1.807) is 7.11 Å². The molecule has 0 N–H and O–H groups in total. The van der Waals surface area contributed by atoms with Gasteiger partial charge in [-0.15, -0.1) is 0 Å². The largest absolute Gasteiger partial charge is 0.383 e. The van der Waals surface area contributed by atoms with E-state index in [9.17, 15) is 0 Å². The normalized spacial score (nSPS) is 18.8. The fourth-order valence-corrected chi connectivity index (χ4v) is 3.81. The maximum Gasteiger partial charge on any atom is 0.160 e. The van der Waals surface area contributed by atoms with E-state index in [0.29, 0.717) is 5.92 Å². The highest BCUT2D eigenvalue weighted by Gasteiger charge is 2.22. The SMILES string of the molecule is COCCN1CCC[C@H](CN(C)c2cc(C)nc3c(C)c(C)nn23)C1. The van der Waals surface area contributed by atoms with Crippen molar-refractivity contribution in [3.8, 4) is 0 Å². The van der Waals surface area contributed by atoms with Gasteiger partial charge in [0.2, 0.25) is 0 Å². The van der Waals surface area contributed by atoms with Gasteiger partial charge in [0.1, 0.15) is 5.82 Å². The summed E-state index contributed by atoms with van der Waals surface area (Å²) in [6, 6.07) is 2.14. The fourth-order valence-electron chi connectivity index (χ4n) is 3.81. The van der Waals surface area contributed by atoms with Crippen molar-refractivity contribution < 1.29 is 4.74 Å².